The van der Waals surface area contributed by atoms with E-state index in [1.165, 1.54) is 11.1 Å². The summed E-state index contributed by atoms with van der Waals surface area (Å²) in [5, 5.41) is 0. The summed E-state index contributed by atoms with van der Waals surface area (Å²) in [6.45, 7) is 3.53. The summed E-state index contributed by atoms with van der Waals surface area (Å²) >= 11 is 0. The van der Waals surface area contributed by atoms with Crippen molar-refractivity contribution < 1.29 is 0 Å². The van der Waals surface area contributed by atoms with Crippen molar-refractivity contribution in [2.24, 2.45) is 5.73 Å². The second-order valence-electron chi connectivity index (χ2n) is 4.86. The molecule has 0 saturated heterocycles. The van der Waals surface area contributed by atoms with Crippen molar-refractivity contribution in [3.8, 4) is 0 Å². The third kappa shape index (κ3) is 2.08. The molecule has 0 radical (unpaired) electrons. The van der Waals surface area contributed by atoms with Gasteiger partial charge in [-0.3, -0.25) is 4.98 Å². The summed E-state index contributed by atoms with van der Waals surface area (Å²) in [5.41, 5.74) is 9.68. The Morgan fingerprint density at radius 3 is 2.84 bits per heavy atom. The molecule has 98 valence electrons. The van der Waals surface area contributed by atoms with Gasteiger partial charge in [-0.05, 0) is 24.5 Å². The van der Waals surface area contributed by atoms with Gasteiger partial charge in [0.15, 0.2) is 5.82 Å². The van der Waals surface area contributed by atoms with E-state index < -0.39 is 0 Å². The zero-order valence-corrected chi connectivity index (χ0v) is 11.1. The average molecular weight is 254 g/mol. The summed E-state index contributed by atoms with van der Waals surface area (Å²) in [6, 6.07) is 8.73. The summed E-state index contributed by atoms with van der Waals surface area (Å²) in [5.74, 6) is 0.951. The van der Waals surface area contributed by atoms with Crippen molar-refractivity contribution in [2.45, 2.75) is 19.4 Å². The lowest BCUT2D eigenvalue weighted by Crippen LogP contribution is -2.40. The van der Waals surface area contributed by atoms with Gasteiger partial charge in [-0.1, -0.05) is 24.3 Å². The standard InChI is InChI=1S/C15H18N4/c1-11-15(18-8-7-17-11)19-9-6-12-4-2-3-5-13(12)14(19)10-16/h2-5,7-8,14H,6,9-10,16H2,1H3. The Labute approximate surface area is 113 Å². The van der Waals surface area contributed by atoms with Crippen LogP contribution in [-0.2, 0) is 6.42 Å². The normalized spacial score (nSPS) is 18.2. The highest BCUT2D eigenvalue weighted by Gasteiger charge is 2.27. The zero-order valence-electron chi connectivity index (χ0n) is 11.1. The lowest BCUT2D eigenvalue weighted by atomic mass is 9.92. The summed E-state index contributed by atoms with van der Waals surface area (Å²) in [6.07, 6.45) is 4.51. The van der Waals surface area contributed by atoms with Crippen LogP contribution in [0, 0.1) is 6.92 Å². The molecule has 1 aliphatic rings. The van der Waals surface area contributed by atoms with Crippen LogP contribution in [0.25, 0.3) is 0 Å². The van der Waals surface area contributed by atoms with Gasteiger partial charge < -0.3 is 10.6 Å². The average Bonchev–Trinajstić information content (AvgIpc) is 2.46. The Kier molecular flexibility index (Phi) is 3.17. The number of fused-ring (bicyclic) bond motifs is 1. The van der Waals surface area contributed by atoms with E-state index in [1.54, 1.807) is 12.4 Å². The minimum Gasteiger partial charge on any atom is -0.346 e. The monoisotopic (exact) mass is 254 g/mol. The van der Waals surface area contributed by atoms with Gasteiger partial charge in [-0.2, -0.15) is 0 Å². The molecule has 0 fully saturated rings. The number of nitrogens with two attached hydrogens (primary N) is 1. The smallest absolute Gasteiger partial charge is 0.150 e. The van der Waals surface area contributed by atoms with Crippen LogP contribution in [0.1, 0.15) is 22.9 Å². The molecule has 1 aromatic heterocycles. The maximum absolute atomic E-state index is 6.01. The molecule has 0 amide bonds. The van der Waals surface area contributed by atoms with Crippen LogP contribution in [-0.4, -0.2) is 23.1 Å². The first-order valence-corrected chi connectivity index (χ1v) is 6.63. The fourth-order valence-corrected chi connectivity index (χ4v) is 2.84. The van der Waals surface area contributed by atoms with Gasteiger partial charge in [0.25, 0.3) is 0 Å². The third-order valence-corrected chi connectivity index (χ3v) is 3.76. The van der Waals surface area contributed by atoms with Crippen LogP contribution in [0.2, 0.25) is 0 Å². The molecular formula is C15H18N4. The van der Waals surface area contributed by atoms with Crippen LogP contribution in [0.5, 0.6) is 0 Å². The van der Waals surface area contributed by atoms with Crippen molar-refractivity contribution in [1.29, 1.82) is 0 Å². The highest BCUT2D eigenvalue weighted by molar-refractivity contribution is 5.49. The molecular weight excluding hydrogens is 236 g/mol. The van der Waals surface area contributed by atoms with Crippen molar-refractivity contribution in [1.82, 2.24) is 9.97 Å². The van der Waals surface area contributed by atoms with Crippen LogP contribution in [0.4, 0.5) is 5.82 Å². The van der Waals surface area contributed by atoms with Crippen LogP contribution >= 0.6 is 0 Å². The van der Waals surface area contributed by atoms with E-state index in [0.29, 0.717) is 6.54 Å². The fourth-order valence-electron chi connectivity index (χ4n) is 2.84. The second kappa shape index (κ2) is 4.97. The Bertz CT molecular complexity index is 582. The van der Waals surface area contributed by atoms with E-state index in [1.807, 2.05) is 6.92 Å². The summed E-state index contributed by atoms with van der Waals surface area (Å²) in [7, 11) is 0. The minimum absolute atomic E-state index is 0.195. The topological polar surface area (TPSA) is 55.0 Å². The fraction of sp³-hybridized carbons (Fsp3) is 0.333. The number of anilines is 1. The number of aromatic nitrogens is 2. The first kappa shape index (κ1) is 12.1. The summed E-state index contributed by atoms with van der Waals surface area (Å²) < 4.78 is 0. The lowest BCUT2D eigenvalue weighted by Gasteiger charge is -2.38. The van der Waals surface area contributed by atoms with Crippen molar-refractivity contribution in [3.63, 3.8) is 0 Å². The van der Waals surface area contributed by atoms with Crippen molar-refractivity contribution in [3.05, 3.63) is 53.5 Å². The predicted molar refractivity (Wildman–Crippen MR) is 76.1 cm³/mol. The molecule has 1 atom stereocenters. The van der Waals surface area contributed by atoms with Crippen LogP contribution < -0.4 is 10.6 Å². The van der Waals surface area contributed by atoms with Crippen molar-refractivity contribution in [2.75, 3.05) is 18.0 Å². The predicted octanol–water partition coefficient (Wildman–Crippen LogP) is 1.85. The molecule has 0 saturated carbocycles. The molecule has 19 heavy (non-hydrogen) atoms. The molecule has 3 rings (SSSR count). The lowest BCUT2D eigenvalue weighted by molar-refractivity contribution is 0.581. The van der Waals surface area contributed by atoms with Gasteiger partial charge in [-0.25, -0.2) is 4.98 Å². The number of nitrogens with zero attached hydrogens (tertiary/aromatic N) is 3. The van der Waals surface area contributed by atoms with E-state index in [9.17, 15) is 0 Å². The quantitative estimate of drug-likeness (QED) is 0.888. The Morgan fingerprint density at radius 2 is 2.05 bits per heavy atom. The van der Waals surface area contributed by atoms with Gasteiger partial charge in [0.1, 0.15) is 0 Å². The number of aryl methyl sites for hydroxylation is 1. The Balaban J connectivity index is 2.03. The number of rotatable bonds is 2. The number of hydrogen-bond acceptors (Lipinski definition) is 4. The minimum atomic E-state index is 0.195. The Morgan fingerprint density at radius 1 is 1.26 bits per heavy atom. The van der Waals surface area contributed by atoms with Gasteiger partial charge >= 0.3 is 0 Å². The van der Waals surface area contributed by atoms with Crippen LogP contribution in [0.3, 0.4) is 0 Å². The first-order valence-electron chi connectivity index (χ1n) is 6.63. The van der Waals surface area contributed by atoms with Gasteiger partial charge in [0, 0.05) is 25.5 Å². The zero-order chi connectivity index (χ0) is 13.2. The number of hydrogen-bond donors (Lipinski definition) is 1. The van der Waals surface area contributed by atoms with Crippen molar-refractivity contribution >= 4 is 5.82 Å². The molecule has 1 unspecified atom stereocenters. The largest absolute Gasteiger partial charge is 0.346 e. The molecule has 2 aromatic rings. The molecule has 4 heteroatoms. The first-order chi connectivity index (χ1) is 9.31. The summed E-state index contributed by atoms with van der Waals surface area (Å²) in [4.78, 5) is 11.1. The SMILES string of the molecule is Cc1nccnc1N1CCc2ccccc2C1CN. The van der Waals surface area contributed by atoms with Gasteiger partial charge in [0.05, 0.1) is 11.7 Å². The van der Waals surface area contributed by atoms with E-state index >= 15 is 0 Å². The highest BCUT2D eigenvalue weighted by Crippen LogP contribution is 2.32. The van der Waals surface area contributed by atoms with E-state index in [0.717, 1.165) is 24.5 Å². The van der Waals surface area contributed by atoms with E-state index in [2.05, 4.69) is 39.1 Å². The number of benzene rings is 1. The van der Waals surface area contributed by atoms with Crippen LogP contribution in [0.15, 0.2) is 36.7 Å². The molecule has 2 N–H and O–H groups in total. The maximum atomic E-state index is 6.01. The Hall–Kier alpha value is -1.94. The molecule has 0 spiro atoms. The second-order valence-corrected chi connectivity index (χ2v) is 4.86. The molecule has 0 aliphatic carbocycles. The molecule has 1 aliphatic heterocycles. The third-order valence-electron chi connectivity index (χ3n) is 3.76. The van der Waals surface area contributed by atoms with Gasteiger partial charge in [0.2, 0.25) is 0 Å². The highest BCUT2D eigenvalue weighted by atomic mass is 15.2. The van der Waals surface area contributed by atoms with E-state index in [4.69, 9.17) is 5.73 Å². The molecule has 0 bridgehead atoms. The maximum Gasteiger partial charge on any atom is 0.150 e. The van der Waals surface area contributed by atoms with E-state index in [-0.39, 0.29) is 6.04 Å². The molecule has 2 heterocycles. The van der Waals surface area contributed by atoms with Gasteiger partial charge in [-0.15, -0.1) is 0 Å². The molecule has 1 aromatic carbocycles. The molecule has 4 nitrogen and oxygen atoms in total.